The minimum absolute atomic E-state index is 0.347. The molecule has 2 rings (SSSR count). The van der Waals surface area contributed by atoms with E-state index in [2.05, 4.69) is 22.0 Å². The Morgan fingerprint density at radius 2 is 2.00 bits per heavy atom. The zero-order chi connectivity index (χ0) is 11.8. The van der Waals surface area contributed by atoms with Gasteiger partial charge in [0.15, 0.2) is 0 Å². The molecule has 0 amide bonds. The second kappa shape index (κ2) is 3.99. The molecule has 0 heterocycles. The summed E-state index contributed by atoms with van der Waals surface area (Å²) in [6.45, 7) is 0. The maximum atomic E-state index is 9.20. The smallest absolute Gasteiger partial charge is 0.141 e. The zero-order valence-corrected chi connectivity index (χ0v) is 10.8. The third-order valence-corrected chi connectivity index (χ3v) is 3.72. The summed E-state index contributed by atoms with van der Waals surface area (Å²) in [5, 5.41) is 9.20. The quantitative estimate of drug-likeness (QED) is 0.855. The Kier molecular flexibility index (Phi) is 2.81. The number of rotatable bonds is 3. The number of nitrogens with zero attached hydrogens (tertiary/aromatic N) is 1. The lowest BCUT2D eigenvalue weighted by atomic mass is 9.96. The van der Waals surface area contributed by atoms with Gasteiger partial charge in [0.25, 0.3) is 0 Å². The third-order valence-electron chi connectivity index (χ3n) is 2.97. The van der Waals surface area contributed by atoms with Crippen molar-refractivity contribution in [3.63, 3.8) is 0 Å². The van der Waals surface area contributed by atoms with Crippen LogP contribution >= 0.6 is 15.9 Å². The molecule has 0 bridgehead atoms. The molecule has 0 unspecified atom stereocenters. The van der Waals surface area contributed by atoms with E-state index in [-0.39, 0.29) is 5.41 Å². The molecule has 16 heavy (non-hydrogen) atoms. The van der Waals surface area contributed by atoms with E-state index in [1.165, 1.54) is 0 Å². The van der Waals surface area contributed by atoms with Gasteiger partial charge in [-0.2, -0.15) is 5.26 Å². The molecule has 0 atom stereocenters. The first kappa shape index (κ1) is 11.3. The minimum atomic E-state index is -0.347. The number of ether oxygens (including phenoxy) is 2. The van der Waals surface area contributed by atoms with E-state index in [1.807, 2.05) is 12.1 Å². The molecule has 1 fully saturated rings. The van der Waals surface area contributed by atoms with Gasteiger partial charge >= 0.3 is 0 Å². The van der Waals surface area contributed by atoms with Crippen molar-refractivity contribution >= 4 is 15.9 Å². The summed E-state index contributed by atoms with van der Waals surface area (Å²) in [7, 11) is 3.22. The number of benzene rings is 1. The summed E-state index contributed by atoms with van der Waals surface area (Å²) in [5.74, 6) is 1.42. The maximum Gasteiger partial charge on any atom is 0.141 e. The van der Waals surface area contributed by atoms with Crippen molar-refractivity contribution in [2.45, 2.75) is 18.3 Å². The SMILES string of the molecule is COc1ccc(C2(C#N)CC2)c(OC)c1Br. The first-order valence-electron chi connectivity index (χ1n) is 5.01. The molecule has 84 valence electrons. The van der Waals surface area contributed by atoms with Gasteiger partial charge in [0, 0.05) is 5.56 Å². The van der Waals surface area contributed by atoms with Gasteiger partial charge in [-0.15, -0.1) is 0 Å². The number of methoxy groups -OCH3 is 2. The lowest BCUT2D eigenvalue weighted by Gasteiger charge is -2.15. The van der Waals surface area contributed by atoms with Gasteiger partial charge in [-0.05, 0) is 40.9 Å². The van der Waals surface area contributed by atoms with E-state index < -0.39 is 0 Å². The van der Waals surface area contributed by atoms with E-state index in [9.17, 15) is 5.26 Å². The molecular weight excluding hydrogens is 270 g/mol. The Balaban J connectivity index is 2.56. The molecule has 1 aliphatic rings. The van der Waals surface area contributed by atoms with Crippen LogP contribution in [0, 0.1) is 11.3 Å². The largest absolute Gasteiger partial charge is 0.495 e. The molecule has 0 radical (unpaired) electrons. The zero-order valence-electron chi connectivity index (χ0n) is 9.21. The summed E-state index contributed by atoms with van der Waals surface area (Å²) >= 11 is 3.44. The highest BCUT2D eigenvalue weighted by Crippen LogP contribution is 2.53. The van der Waals surface area contributed by atoms with Gasteiger partial charge < -0.3 is 9.47 Å². The molecule has 4 heteroatoms. The number of hydrogen-bond donors (Lipinski definition) is 0. The van der Waals surface area contributed by atoms with Crippen molar-refractivity contribution in [1.29, 1.82) is 5.26 Å². The van der Waals surface area contributed by atoms with Crippen molar-refractivity contribution in [2.75, 3.05) is 14.2 Å². The van der Waals surface area contributed by atoms with Crippen LogP contribution in [-0.2, 0) is 5.41 Å². The van der Waals surface area contributed by atoms with Crippen LogP contribution in [0.25, 0.3) is 0 Å². The van der Waals surface area contributed by atoms with Crippen LogP contribution in [0.2, 0.25) is 0 Å². The predicted octanol–water partition coefficient (Wildman–Crippen LogP) is 3.02. The predicted molar refractivity (Wildman–Crippen MR) is 63.8 cm³/mol. The van der Waals surface area contributed by atoms with Crippen molar-refractivity contribution in [3.05, 3.63) is 22.2 Å². The first-order valence-corrected chi connectivity index (χ1v) is 5.80. The van der Waals surface area contributed by atoms with Crippen molar-refractivity contribution in [3.8, 4) is 17.6 Å². The monoisotopic (exact) mass is 281 g/mol. The van der Waals surface area contributed by atoms with E-state index in [4.69, 9.17) is 9.47 Å². The van der Waals surface area contributed by atoms with Gasteiger partial charge in [-0.1, -0.05) is 0 Å². The standard InChI is InChI=1S/C12H12BrNO2/c1-15-9-4-3-8(11(16-2)10(9)13)12(7-14)5-6-12/h3-4H,5-6H2,1-2H3. The molecular formula is C12H12BrNO2. The number of halogens is 1. The van der Waals surface area contributed by atoms with Crippen LogP contribution in [0.5, 0.6) is 11.5 Å². The van der Waals surface area contributed by atoms with E-state index >= 15 is 0 Å². The molecule has 0 spiro atoms. The average molecular weight is 282 g/mol. The average Bonchev–Trinajstić information content (AvgIpc) is 3.09. The fraction of sp³-hybridized carbons (Fsp3) is 0.417. The van der Waals surface area contributed by atoms with Crippen LogP contribution < -0.4 is 9.47 Å². The lowest BCUT2D eigenvalue weighted by molar-refractivity contribution is 0.385. The molecule has 0 aromatic heterocycles. The maximum absolute atomic E-state index is 9.20. The molecule has 1 aromatic rings. The fourth-order valence-electron chi connectivity index (χ4n) is 1.84. The third kappa shape index (κ3) is 1.56. The van der Waals surface area contributed by atoms with Gasteiger partial charge in [0.1, 0.15) is 16.0 Å². The van der Waals surface area contributed by atoms with E-state index in [0.717, 1.165) is 22.9 Å². The minimum Gasteiger partial charge on any atom is -0.495 e. The second-order valence-electron chi connectivity index (χ2n) is 3.86. The van der Waals surface area contributed by atoms with Crippen LogP contribution in [0.15, 0.2) is 16.6 Å². The van der Waals surface area contributed by atoms with Crippen LogP contribution in [0.1, 0.15) is 18.4 Å². The summed E-state index contributed by atoms with van der Waals surface area (Å²) < 4.78 is 11.3. The Morgan fingerprint density at radius 3 is 2.44 bits per heavy atom. The first-order chi connectivity index (χ1) is 7.68. The Bertz CT molecular complexity index is 461. The molecule has 1 aliphatic carbocycles. The topological polar surface area (TPSA) is 42.2 Å². The van der Waals surface area contributed by atoms with Gasteiger partial charge in [0.05, 0.1) is 25.7 Å². The molecule has 0 aliphatic heterocycles. The lowest BCUT2D eigenvalue weighted by Crippen LogP contribution is -2.06. The fourth-order valence-corrected chi connectivity index (χ4v) is 2.51. The van der Waals surface area contributed by atoms with Crippen molar-refractivity contribution < 1.29 is 9.47 Å². The highest BCUT2D eigenvalue weighted by molar-refractivity contribution is 9.10. The van der Waals surface area contributed by atoms with Crippen LogP contribution in [0.4, 0.5) is 0 Å². The van der Waals surface area contributed by atoms with Crippen molar-refractivity contribution in [1.82, 2.24) is 0 Å². The van der Waals surface area contributed by atoms with Gasteiger partial charge in [-0.3, -0.25) is 0 Å². The molecule has 3 nitrogen and oxygen atoms in total. The Morgan fingerprint density at radius 1 is 1.31 bits per heavy atom. The highest BCUT2D eigenvalue weighted by Gasteiger charge is 2.47. The van der Waals surface area contributed by atoms with E-state index in [0.29, 0.717) is 11.5 Å². The van der Waals surface area contributed by atoms with Crippen LogP contribution in [0.3, 0.4) is 0 Å². The summed E-state index contributed by atoms with van der Waals surface area (Å²) in [5.41, 5.74) is 0.602. The summed E-state index contributed by atoms with van der Waals surface area (Å²) in [6, 6.07) is 6.14. The van der Waals surface area contributed by atoms with E-state index in [1.54, 1.807) is 14.2 Å². The number of hydrogen-bond acceptors (Lipinski definition) is 3. The molecule has 0 saturated heterocycles. The molecule has 0 N–H and O–H groups in total. The normalized spacial score (nSPS) is 16.4. The van der Waals surface area contributed by atoms with Crippen LogP contribution in [-0.4, -0.2) is 14.2 Å². The summed E-state index contributed by atoms with van der Waals surface area (Å²) in [4.78, 5) is 0. The summed E-state index contributed by atoms with van der Waals surface area (Å²) in [6.07, 6.45) is 1.80. The number of nitriles is 1. The second-order valence-corrected chi connectivity index (χ2v) is 4.65. The van der Waals surface area contributed by atoms with Crippen molar-refractivity contribution in [2.24, 2.45) is 0 Å². The molecule has 1 saturated carbocycles. The highest BCUT2D eigenvalue weighted by atomic mass is 79.9. The molecule has 1 aromatic carbocycles. The van der Waals surface area contributed by atoms with Gasteiger partial charge in [-0.25, -0.2) is 0 Å². The Hall–Kier alpha value is -1.21. The van der Waals surface area contributed by atoms with Gasteiger partial charge in [0.2, 0.25) is 0 Å². The Labute approximate surface area is 103 Å².